The van der Waals surface area contributed by atoms with Crippen LogP contribution in [-0.4, -0.2) is 24.6 Å². The molecule has 1 unspecified atom stereocenters. The van der Waals surface area contributed by atoms with Crippen molar-refractivity contribution in [2.45, 2.75) is 27.2 Å². The minimum absolute atomic E-state index is 0.0969. The molecule has 2 aliphatic rings. The van der Waals surface area contributed by atoms with Crippen LogP contribution in [-0.2, 0) is 14.3 Å². The molecule has 0 N–H and O–H groups in total. The van der Waals surface area contributed by atoms with Crippen molar-refractivity contribution in [2.75, 3.05) is 7.11 Å². The predicted molar refractivity (Wildman–Crippen MR) is 128 cm³/mol. The van der Waals surface area contributed by atoms with Gasteiger partial charge >= 0.3 is 5.97 Å². The number of allylic oxidation sites excluding steroid dienone is 6. The van der Waals surface area contributed by atoms with E-state index in [1.54, 1.807) is 31.2 Å². The summed E-state index contributed by atoms with van der Waals surface area (Å²) in [5.74, 6) is -1.56. The van der Waals surface area contributed by atoms with E-state index in [4.69, 9.17) is 4.74 Å². The number of carbonyl (C=O) groups is 3. The van der Waals surface area contributed by atoms with Gasteiger partial charge in [-0.2, -0.15) is 0 Å². The van der Waals surface area contributed by atoms with Crippen LogP contribution in [0, 0.1) is 5.92 Å². The summed E-state index contributed by atoms with van der Waals surface area (Å²) in [5, 5.41) is 0. The van der Waals surface area contributed by atoms with Gasteiger partial charge in [-0.15, -0.1) is 0 Å². The first kappa shape index (κ1) is 22.4. The second-order valence-electron chi connectivity index (χ2n) is 8.27. The Morgan fingerprint density at radius 3 is 2.06 bits per heavy atom. The highest BCUT2D eigenvalue weighted by Crippen LogP contribution is 2.51. The highest BCUT2D eigenvalue weighted by Gasteiger charge is 2.45. The van der Waals surface area contributed by atoms with Crippen molar-refractivity contribution in [1.82, 2.24) is 0 Å². The number of carbonyl (C=O) groups excluding carboxylic acids is 3. The Morgan fingerprint density at radius 2 is 1.48 bits per heavy atom. The van der Waals surface area contributed by atoms with Crippen molar-refractivity contribution >= 4 is 23.1 Å². The summed E-state index contributed by atoms with van der Waals surface area (Å²) in [7, 11) is 1.28. The molecule has 166 valence electrons. The Hall–Kier alpha value is -3.79. The maximum absolute atomic E-state index is 13.7. The highest BCUT2D eigenvalue weighted by molar-refractivity contribution is 6.22. The first-order chi connectivity index (χ1) is 15.9. The van der Waals surface area contributed by atoms with Gasteiger partial charge in [-0.3, -0.25) is 9.59 Å². The monoisotopic (exact) mass is 438 g/mol. The van der Waals surface area contributed by atoms with E-state index in [0.717, 1.165) is 27.9 Å². The number of hydrogen-bond acceptors (Lipinski definition) is 4. The zero-order chi connectivity index (χ0) is 23.7. The van der Waals surface area contributed by atoms with E-state index in [-0.39, 0.29) is 23.6 Å². The molecule has 0 radical (unpaired) electrons. The van der Waals surface area contributed by atoms with Crippen LogP contribution in [0.1, 0.15) is 43.1 Å². The maximum Gasteiger partial charge on any atom is 0.339 e. The van der Waals surface area contributed by atoms with Crippen LogP contribution in [0.5, 0.6) is 0 Å². The Morgan fingerprint density at radius 1 is 0.879 bits per heavy atom. The van der Waals surface area contributed by atoms with Crippen LogP contribution in [0.4, 0.5) is 0 Å². The molecule has 0 saturated heterocycles. The van der Waals surface area contributed by atoms with Gasteiger partial charge in [0.15, 0.2) is 11.6 Å². The first-order valence-corrected chi connectivity index (χ1v) is 11.1. The molecule has 0 bridgehead atoms. The molecule has 0 saturated carbocycles. The van der Waals surface area contributed by atoms with Gasteiger partial charge in [-0.1, -0.05) is 79.2 Å². The lowest BCUT2D eigenvalue weighted by molar-refractivity contribution is -0.136. The first-order valence-electron chi connectivity index (χ1n) is 11.1. The van der Waals surface area contributed by atoms with Gasteiger partial charge in [0.25, 0.3) is 0 Å². The van der Waals surface area contributed by atoms with E-state index in [9.17, 15) is 14.4 Å². The molecule has 2 aromatic rings. The number of Topliss-reactive ketones (excluding diaryl/α,β-unsaturated/α-hetero) is 2. The lowest BCUT2D eigenvalue weighted by atomic mass is 9.75. The summed E-state index contributed by atoms with van der Waals surface area (Å²) < 4.78 is 5.09. The minimum Gasteiger partial charge on any atom is -0.465 e. The number of hydrogen-bond donors (Lipinski definition) is 0. The van der Waals surface area contributed by atoms with Crippen LogP contribution in [0.2, 0.25) is 0 Å². The van der Waals surface area contributed by atoms with Gasteiger partial charge in [-0.25, -0.2) is 4.79 Å². The number of benzene rings is 2. The molecule has 2 aliphatic carbocycles. The fraction of sp³-hybridized carbons (Fsp3) is 0.207. The van der Waals surface area contributed by atoms with Gasteiger partial charge in [0.2, 0.25) is 0 Å². The molecule has 0 amide bonds. The average Bonchev–Trinajstić information content (AvgIpc) is 3.23. The molecular weight excluding hydrogens is 412 g/mol. The van der Waals surface area contributed by atoms with Crippen molar-refractivity contribution in [2.24, 2.45) is 5.92 Å². The van der Waals surface area contributed by atoms with E-state index >= 15 is 0 Å². The molecule has 0 fully saturated rings. The van der Waals surface area contributed by atoms with E-state index in [1.165, 1.54) is 7.11 Å². The maximum atomic E-state index is 13.7. The number of fused-ring (bicyclic) bond motifs is 1. The molecular formula is C29H26O4. The van der Waals surface area contributed by atoms with Crippen LogP contribution < -0.4 is 0 Å². The average molecular weight is 439 g/mol. The fourth-order valence-corrected chi connectivity index (χ4v) is 4.81. The minimum atomic E-state index is -0.658. The molecule has 4 rings (SSSR count). The van der Waals surface area contributed by atoms with Crippen molar-refractivity contribution in [1.29, 1.82) is 0 Å². The topological polar surface area (TPSA) is 60.4 Å². The zero-order valence-corrected chi connectivity index (χ0v) is 19.3. The number of rotatable bonds is 6. The van der Waals surface area contributed by atoms with Crippen LogP contribution >= 0.6 is 0 Å². The molecule has 0 aromatic heterocycles. The molecule has 4 heteroatoms. The van der Waals surface area contributed by atoms with Crippen LogP contribution in [0.3, 0.4) is 0 Å². The number of ketones is 2. The van der Waals surface area contributed by atoms with Gasteiger partial charge in [0.1, 0.15) is 0 Å². The predicted octanol–water partition coefficient (Wildman–Crippen LogP) is 5.68. The molecule has 0 heterocycles. The Balaban J connectivity index is 2.03. The molecule has 0 spiro atoms. The van der Waals surface area contributed by atoms with Crippen LogP contribution in [0.15, 0.2) is 100 Å². The van der Waals surface area contributed by atoms with Crippen molar-refractivity contribution in [3.8, 4) is 0 Å². The van der Waals surface area contributed by atoms with E-state index < -0.39 is 11.9 Å². The standard InChI is InChI=1S/C29H26O4/c1-5-22(30)25-24-18(3)21(19-12-8-6-9-13-19)16-17(2)23(24)26(27(25)29(32)33-4)28(31)20-14-10-7-11-15-20/h6-16,23H,5H2,1-4H3. The normalized spacial score (nSPS) is 17.7. The third kappa shape index (κ3) is 3.72. The van der Waals surface area contributed by atoms with Crippen LogP contribution in [0.25, 0.3) is 5.57 Å². The van der Waals surface area contributed by atoms with Crippen molar-refractivity contribution < 1.29 is 19.1 Å². The number of methoxy groups -OCH3 is 1. The summed E-state index contributed by atoms with van der Waals surface area (Å²) >= 11 is 0. The van der Waals surface area contributed by atoms with Crippen molar-refractivity contribution in [3.63, 3.8) is 0 Å². The summed E-state index contributed by atoms with van der Waals surface area (Å²) in [4.78, 5) is 40.0. The Kier molecular flexibility index (Phi) is 6.10. The lowest BCUT2D eigenvalue weighted by Gasteiger charge is -2.27. The molecule has 1 atom stereocenters. The quantitative estimate of drug-likeness (QED) is 0.430. The van der Waals surface area contributed by atoms with Gasteiger partial charge in [0.05, 0.1) is 12.7 Å². The smallest absolute Gasteiger partial charge is 0.339 e. The lowest BCUT2D eigenvalue weighted by Crippen LogP contribution is -2.19. The highest BCUT2D eigenvalue weighted by atomic mass is 16.5. The molecule has 2 aromatic carbocycles. The van der Waals surface area contributed by atoms with Gasteiger partial charge < -0.3 is 4.74 Å². The summed E-state index contributed by atoms with van der Waals surface area (Å²) in [6.45, 7) is 5.67. The Bertz CT molecular complexity index is 1270. The van der Waals surface area contributed by atoms with E-state index in [0.29, 0.717) is 16.7 Å². The second kappa shape index (κ2) is 8.99. The molecule has 0 aliphatic heterocycles. The van der Waals surface area contributed by atoms with Gasteiger partial charge in [-0.05, 0) is 36.1 Å². The largest absolute Gasteiger partial charge is 0.465 e. The zero-order valence-electron chi connectivity index (χ0n) is 19.3. The molecule has 33 heavy (non-hydrogen) atoms. The number of ether oxygens (including phenoxy) is 1. The second-order valence-corrected chi connectivity index (χ2v) is 8.27. The van der Waals surface area contributed by atoms with Crippen molar-refractivity contribution in [3.05, 3.63) is 111 Å². The van der Waals surface area contributed by atoms with E-state index in [2.05, 4.69) is 6.08 Å². The third-order valence-electron chi connectivity index (χ3n) is 6.36. The summed E-state index contributed by atoms with van der Waals surface area (Å²) in [6, 6.07) is 18.8. The van der Waals surface area contributed by atoms with Gasteiger partial charge in [0, 0.05) is 29.0 Å². The summed E-state index contributed by atoms with van der Waals surface area (Å²) in [5.41, 5.74) is 5.75. The fourth-order valence-electron chi connectivity index (χ4n) is 4.81. The third-order valence-corrected chi connectivity index (χ3v) is 6.36. The SMILES string of the molecule is CCC(=O)C1=C2C(C)=C(c3ccccc3)C=C(C)C2C(C(=O)c2ccccc2)=C1C(=O)OC. The summed E-state index contributed by atoms with van der Waals surface area (Å²) in [6.07, 6.45) is 2.28. The van der Waals surface area contributed by atoms with E-state index in [1.807, 2.05) is 50.2 Å². The Labute approximate surface area is 194 Å². The number of esters is 1. The molecule has 4 nitrogen and oxygen atoms in total.